The van der Waals surface area contributed by atoms with Crippen LogP contribution in [0, 0.1) is 8.99 Å². The van der Waals surface area contributed by atoms with E-state index in [2.05, 4.69) is 42.7 Å². The quantitative estimate of drug-likeness (QED) is 0.743. The number of aromatic nitrogens is 4. The molecule has 1 spiro atoms. The second-order valence-corrected chi connectivity index (χ2v) is 7.44. The zero-order valence-electron chi connectivity index (χ0n) is 11.9. The number of piperidine rings is 1. The molecule has 0 aromatic carbocycles. The summed E-state index contributed by atoms with van der Waals surface area (Å²) < 4.78 is 3.02. The van der Waals surface area contributed by atoms with E-state index >= 15 is 0 Å². The summed E-state index contributed by atoms with van der Waals surface area (Å²) in [4.78, 5) is 6.96. The van der Waals surface area contributed by atoms with E-state index in [0.717, 1.165) is 28.3 Å². The van der Waals surface area contributed by atoms with Crippen LogP contribution in [0.4, 0.5) is 5.95 Å². The highest BCUT2D eigenvalue weighted by Crippen LogP contribution is 2.45. The Morgan fingerprint density at radius 3 is 2.81 bits per heavy atom. The van der Waals surface area contributed by atoms with Crippen LogP contribution in [-0.2, 0) is 0 Å². The first kappa shape index (κ1) is 13.7. The first-order chi connectivity index (χ1) is 10.2. The van der Waals surface area contributed by atoms with E-state index in [4.69, 9.17) is 5.73 Å². The number of hydrogen-bond donors (Lipinski definition) is 1. The number of halogens is 1. The molecule has 0 bridgehead atoms. The molecule has 1 aliphatic heterocycles. The van der Waals surface area contributed by atoms with Crippen LogP contribution in [0.2, 0.25) is 0 Å². The molecule has 2 aromatic heterocycles. The van der Waals surface area contributed by atoms with E-state index in [0.29, 0.717) is 11.5 Å². The van der Waals surface area contributed by atoms with Crippen molar-refractivity contribution in [3.8, 4) is 0 Å². The Balaban J connectivity index is 1.61. The van der Waals surface area contributed by atoms with Gasteiger partial charge in [-0.15, -0.1) is 10.2 Å². The summed E-state index contributed by atoms with van der Waals surface area (Å²) in [7, 11) is 0. The minimum Gasteiger partial charge on any atom is -0.342 e. The largest absolute Gasteiger partial charge is 0.342 e. The highest BCUT2D eigenvalue weighted by Gasteiger charge is 2.43. The molecule has 1 aliphatic carbocycles. The number of nitrogens with two attached hydrogens (primary N) is 1. The van der Waals surface area contributed by atoms with E-state index < -0.39 is 0 Å². The van der Waals surface area contributed by atoms with Crippen LogP contribution in [-0.4, -0.2) is 38.7 Å². The molecule has 112 valence electrons. The number of rotatable bonds is 1. The number of hydrogen-bond acceptors (Lipinski definition) is 5. The number of anilines is 1. The molecule has 2 fully saturated rings. The topological polar surface area (TPSA) is 72.3 Å². The molecule has 6 nitrogen and oxygen atoms in total. The maximum Gasteiger partial charge on any atom is 0.212 e. The van der Waals surface area contributed by atoms with Crippen molar-refractivity contribution in [1.82, 2.24) is 19.6 Å². The first-order valence-corrected chi connectivity index (χ1v) is 8.62. The maximum atomic E-state index is 6.36. The van der Waals surface area contributed by atoms with Gasteiger partial charge in [-0.1, -0.05) is 6.42 Å². The highest BCUT2D eigenvalue weighted by molar-refractivity contribution is 14.1. The van der Waals surface area contributed by atoms with Gasteiger partial charge in [-0.3, -0.25) is 4.40 Å². The molecule has 0 amide bonds. The van der Waals surface area contributed by atoms with Gasteiger partial charge in [0.05, 0.1) is 3.57 Å². The molecule has 4 rings (SSSR count). The monoisotopic (exact) mass is 398 g/mol. The molecule has 2 aliphatic rings. The van der Waals surface area contributed by atoms with Crippen LogP contribution in [0.3, 0.4) is 0 Å². The fourth-order valence-electron chi connectivity index (χ4n) is 3.95. The molecule has 0 unspecified atom stereocenters. The van der Waals surface area contributed by atoms with Crippen LogP contribution in [0.1, 0.15) is 32.1 Å². The van der Waals surface area contributed by atoms with Gasteiger partial charge in [-0.25, -0.2) is 4.98 Å². The van der Waals surface area contributed by atoms with E-state index in [1.54, 1.807) is 6.33 Å². The lowest BCUT2D eigenvalue weighted by atomic mass is 9.74. The molecule has 2 N–H and O–H groups in total. The average Bonchev–Trinajstić information content (AvgIpc) is 3.10. The third-order valence-corrected chi connectivity index (χ3v) is 6.05. The molecule has 21 heavy (non-hydrogen) atoms. The van der Waals surface area contributed by atoms with Gasteiger partial charge in [0, 0.05) is 25.3 Å². The van der Waals surface area contributed by atoms with Gasteiger partial charge < -0.3 is 10.6 Å². The van der Waals surface area contributed by atoms with Crippen molar-refractivity contribution >= 4 is 34.2 Å². The highest BCUT2D eigenvalue weighted by atomic mass is 127. The van der Waals surface area contributed by atoms with Crippen LogP contribution in [0.25, 0.3) is 5.65 Å². The normalized spacial score (nSPS) is 25.0. The third kappa shape index (κ3) is 2.12. The predicted octanol–water partition coefficient (Wildman–Crippen LogP) is 1.83. The summed E-state index contributed by atoms with van der Waals surface area (Å²) in [6, 6.07) is 0.388. The summed E-state index contributed by atoms with van der Waals surface area (Å²) in [5.74, 6) is 0.955. The summed E-state index contributed by atoms with van der Waals surface area (Å²) in [6.45, 7) is 2.04. The maximum absolute atomic E-state index is 6.36. The molecule has 0 radical (unpaired) electrons. The minimum atomic E-state index is 0.381. The van der Waals surface area contributed by atoms with Crippen molar-refractivity contribution < 1.29 is 0 Å². The van der Waals surface area contributed by atoms with Crippen molar-refractivity contribution in [2.45, 2.75) is 38.1 Å². The Bertz CT molecular complexity index is 661. The van der Waals surface area contributed by atoms with Gasteiger partial charge in [0.25, 0.3) is 0 Å². The molecule has 1 atom stereocenters. The van der Waals surface area contributed by atoms with E-state index in [9.17, 15) is 0 Å². The fraction of sp³-hybridized carbons (Fsp3) is 0.643. The van der Waals surface area contributed by atoms with Crippen molar-refractivity contribution in [3.05, 3.63) is 16.1 Å². The predicted molar refractivity (Wildman–Crippen MR) is 89.2 cm³/mol. The van der Waals surface area contributed by atoms with Gasteiger partial charge >= 0.3 is 0 Å². The van der Waals surface area contributed by atoms with Gasteiger partial charge in [0.1, 0.15) is 6.33 Å². The van der Waals surface area contributed by atoms with Gasteiger partial charge in [0.2, 0.25) is 5.95 Å². The molecular formula is C14H19IN6. The number of fused-ring (bicyclic) bond motifs is 1. The Kier molecular flexibility index (Phi) is 3.29. The summed E-state index contributed by atoms with van der Waals surface area (Å²) in [5, 5.41) is 8.20. The summed E-state index contributed by atoms with van der Waals surface area (Å²) in [6.07, 6.45) is 9.76. The van der Waals surface area contributed by atoms with Crippen molar-refractivity contribution in [3.63, 3.8) is 0 Å². The lowest BCUT2D eigenvalue weighted by molar-refractivity contribution is 0.197. The van der Waals surface area contributed by atoms with Crippen LogP contribution in [0.15, 0.2) is 12.5 Å². The van der Waals surface area contributed by atoms with Crippen molar-refractivity contribution in [2.24, 2.45) is 11.1 Å². The van der Waals surface area contributed by atoms with Crippen LogP contribution >= 0.6 is 22.6 Å². The zero-order chi connectivity index (χ0) is 14.4. The number of nitrogens with zero attached hydrogens (tertiary/aromatic N) is 5. The van der Waals surface area contributed by atoms with Crippen LogP contribution < -0.4 is 10.6 Å². The lowest BCUT2D eigenvalue weighted by Gasteiger charge is -2.42. The van der Waals surface area contributed by atoms with Crippen LogP contribution in [0.5, 0.6) is 0 Å². The van der Waals surface area contributed by atoms with Crippen molar-refractivity contribution in [1.29, 1.82) is 0 Å². The molecule has 2 aromatic rings. The minimum absolute atomic E-state index is 0.381. The smallest absolute Gasteiger partial charge is 0.212 e. The first-order valence-electron chi connectivity index (χ1n) is 7.54. The standard InChI is InChI=1S/C14H19IN6/c15-10-8-17-13(21-9-18-19-12(10)21)20-6-4-14(5-7-20)3-1-2-11(14)16/h8-9,11H,1-7,16H2/t11-/m0/s1. The van der Waals surface area contributed by atoms with E-state index in [-0.39, 0.29) is 0 Å². The van der Waals surface area contributed by atoms with Crippen molar-refractivity contribution in [2.75, 3.05) is 18.0 Å². The van der Waals surface area contributed by atoms with Gasteiger partial charge in [-0.2, -0.15) is 0 Å². The Morgan fingerprint density at radius 2 is 2.10 bits per heavy atom. The Morgan fingerprint density at radius 1 is 1.29 bits per heavy atom. The van der Waals surface area contributed by atoms with Gasteiger partial charge in [-0.05, 0) is 53.7 Å². The molecular weight excluding hydrogens is 379 g/mol. The average molecular weight is 398 g/mol. The third-order valence-electron chi connectivity index (χ3n) is 5.29. The second-order valence-electron chi connectivity index (χ2n) is 6.28. The zero-order valence-corrected chi connectivity index (χ0v) is 14.0. The van der Waals surface area contributed by atoms with E-state index in [1.807, 2.05) is 10.6 Å². The Hall–Kier alpha value is -0.960. The SMILES string of the molecule is N[C@H]1CCCC12CCN(c1ncc(I)c3nncn13)CC2. The van der Waals surface area contributed by atoms with E-state index in [1.165, 1.54) is 32.1 Å². The lowest BCUT2D eigenvalue weighted by Crippen LogP contribution is -2.47. The molecule has 7 heteroatoms. The fourth-order valence-corrected chi connectivity index (χ4v) is 4.46. The molecule has 3 heterocycles. The summed E-state index contributed by atoms with van der Waals surface area (Å²) in [5.41, 5.74) is 7.63. The Labute approximate surface area is 137 Å². The van der Waals surface area contributed by atoms with Gasteiger partial charge in [0.15, 0.2) is 5.65 Å². The summed E-state index contributed by atoms with van der Waals surface area (Å²) >= 11 is 2.25. The molecule has 1 saturated heterocycles. The molecule has 1 saturated carbocycles. The second kappa shape index (κ2) is 5.05.